The van der Waals surface area contributed by atoms with E-state index in [-0.39, 0.29) is 5.76 Å². The molecule has 0 unspecified atom stereocenters. The van der Waals surface area contributed by atoms with E-state index < -0.39 is 5.91 Å². The lowest BCUT2D eigenvalue weighted by Gasteiger charge is -2.37. The van der Waals surface area contributed by atoms with Crippen molar-refractivity contribution in [3.8, 4) is 0 Å². The molecule has 1 aliphatic rings. The number of furan rings is 1. The van der Waals surface area contributed by atoms with Gasteiger partial charge in [-0.15, -0.1) is 0 Å². The number of anilines is 1. The Morgan fingerprint density at radius 1 is 1.16 bits per heavy atom. The van der Waals surface area contributed by atoms with Gasteiger partial charge in [0.2, 0.25) is 0 Å². The molecule has 1 saturated heterocycles. The first-order valence-corrected chi connectivity index (χ1v) is 8.31. The number of benzene rings is 1. The van der Waals surface area contributed by atoms with Crippen molar-refractivity contribution in [2.75, 3.05) is 38.1 Å². The third-order valence-corrected chi connectivity index (χ3v) is 4.24. The maximum absolute atomic E-state index is 11.1. The number of nitrogens with two attached hydrogens (primary N) is 1. The Labute approximate surface area is 147 Å². The molecule has 2 aromatic rings. The molecule has 1 amide bonds. The predicted octanol–water partition coefficient (Wildman–Crippen LogP) is 1.28. The van der Waals surface area contributed by atoms with Crippen molar-refractivity contribution >= 4 is 17.6 Å². The smallest absolute Gasteiger partial charge is 0.284 e. The highest BCUT2D eigenvalue weighted by Gasteiger charge is 2.20. The molecule has 0 radical (unpaired) electrons. The molecular weight excluding hydrogens is 318 g/mol. The second-order valence-electron chi connectivity index (χ2n) is 5.84. The minimum atomic E-state index is -0.562. The summed E-state index contributed by atoms with van der Waals surface area (Å²) in [6.45, 7) is 4.12. The van der Waals surface area contributed by atoms with Crippen molar-refractivity contribution in [1.82, 2.24) is 10.2 Å². The fraction of sp³-hybridized carbons (Fsp3) is 0.333. The van der Waals surface area contributed by atoms with Gasteiger partial charge in [0.15, 0.2) is 11.7 Å². The summed E-state index contributed by atoms with van der Waals surface area (Å²) in [5.41, 5.74) is 6.45. The topological polar surface area (TPSA) is 87.1 Å². The summed E-state index contributed by atoms with van der Waals surface area (Å²) in [4.78, 5) is 20.0. The van der Waals surface area contributed by atoms with Gasteiger partial charge in [0, 0.05) is 38.9 Å². The highest BCUT2D eigenvalue weighted by Crippen LogP contribution is 2.15. The third kappa shape index (κ3) is 4.12. The summed E-state index contributed by atoms with van der Waals surface area (Å²) >= 11 is 0. The van der Waals surface area contributed by atoms with E-state index in [1.54, 1.807) is 19.2 Å². The number of primary amides is 1. The van der Waals surface area contributed by atoms with E-state index in [1.165, 1.54) is 5.69 Å². The summed E-state index contributed by atoms with van der Waals surface area (Å²) in [7, 11) is 1.77. The van der Waals surface area contributed by atoms with Crippen LogP contribution in [0.3, 0.4) is 0 Å². The van der Waals surface area contributed by atoms with Gasteiger partial charge >= 0.3 is 0 Å². The summed E-state index contributed by atoms with van der Waals surface area (Å²) in [5.74, 6) is 1.08. The van der Waals surface area contributed by atoms with Gasteiger partial charge in [-0.05, 0) is 24.3 Å². The predicted molar refractivity (Wildman–Crippen MR) is 97.7 cm³/mol. The van der Waals surface area contributed by atoms with Crippen LogP contribution in [0.5, 0.6) is 0 Å². The zero-order valence-corrected chi connectivity index (χ0v) is 14.3. The minimum absolute atomic E-state index is 0.170. The lowest BCUT2D eigenvalue weighted by Crippen LogP contribution is -2.52. The van der Waals surface area contributed by atoms with Gasteiger partial charge in [-0.2, -0.15) is 0 Å². The second-order valence-corrected chi connectivity index (χ2v) is 5.84. The van der Waals surface area contributed by atoms with Gasteiger partial charge < -0.3 is 25.3 Å². The molecule has 1 fully saturated rings. The van der Waals surface area contributed by atoms with Gasteiger partial charge in [0.1, 0.15) is 5.76 Å². The van der Waals surface area contributed by atoms with Crippen LogP contribution in [0.4, 0.5) is 5.69 Å². The van der Waals surface area contributed by atoms with E-state index in [0.29, 0.717) is 12.3 Å². The van der Waals surface area contributed by atoms with Crippen molar-refractivity contribution < 1.29 is 9.21 Å². The van der Waals surface area contributed by atoms with Crippen molar-refractivity contribution in [1.29, 1.82) is 0 Å². The minimum Gasteiger partial charge on any atom is -0.454 e. The summed E-state index contributed by atoms with van der Waals surface area (Å²) in [6, 6.07) is 13.8. The standard InChI is InChI=1S/C18H23N5O2/c1-20-18(21-13-15-7-8-16(25-15)17(19)24)23-11-9-22(10-12-23)14-5-3-2-4-6-14/h2-8H,9-13H2,1H3,(H2,19,24)(H,20,21). The van der Waals surface area contributed by atoms with Crippen LogP contribution in [-0.4, -0.2) is 50.0 Å². The fourth-order valence-corrected chi connectivity index (χ4v) is 2.92. The molecule has 0 saturated carbocycles. The number of carbonyl (C=O) groups is 1. The van der Waals surface area contributed by atoms with Gasteiger partial charge in [-0.1, -0.05) is 18.2 Å². The maximum atomic E-state index is 11.1. The highest BCUT2D eigenvalue weighted by molar-refractivity contribution is 5.89. The Hall–Kier alpha value is -2.96. The third-order valence-electron chi connectivity index (χ3n) is 4.24. The van der Waals surface area contributed by atoms with Crippen LogP contribution in [0.25, 0.3) is 0 Å². The zero-order chi connectivity index (χ0) is 17.6. The van der Waals surface area contributed by atoms with Crippen LogP contribution in [0.1, 0.15) is 16.3 Å². The molecule has 1 aliphatic heterocycles. The summed E-state index contributed by atoms with van der Waals surface area (Å²) in [5, 5.41) is 3.27. The molecule has 7 heteroatoms. The van der Waals surface area contributed by atoms with Gasteiger partial charge in [0.25, 0.3) is 5.91 Å². The molecule has 1 aromatic carbocycles. The molecule has 25 heavy (non-hydrogen) atoms. The molecule has 7 nitrogen and oxygen atoms in total. The number of nitrogens with one attached hydrogen (secondary N) is 1. The number of hydrogen-bond acceptors (Lipinski definition) is 4. The van der Waals surface area contributed by atoms with Gasteiger partial charge in [0.05, 0.1) is 6.54 Å². The first-order valence-electron chi connectivity index (χ1n) is 8.31. The van der Waals surface area contributed by atoms with E-state index in [2.05, 4.69) is 44.4 Å². The Kier molecular flexibility index (Phi) is 5.23. The number of guanidine groups is 1. The average molecular weight is 341 g/mol. The second kappa shape index (κ2) is 7.74. The fourth-order valence-electron chi connectivity index (χ4n) is 2.92. The lowest BCUT2D eigenvalue weighted by molar-refractivity contribution is 0.0972. The molecule has 3 N–H and O–H groups in total. The highest BCUT2D eigenvalue weighted by atomic mass is 16.3. The SMILES string of the molecule is CN=C(NCc1ccc(C(N)=O)o1)N1CCN(c2ccccc2)CC1. The van der Waals surface area contributed by atoms with E-state index in [1.807, 2.05) is 6.07 Å². The number of piperazine rings is 1. The molecule has 0 bridgehead atoms. The average Bonchev–Trinajstić information content (AvgIpc) is 3.13. The van der Waals surface area contributed by atoms with Crippen LogP contribution in [0.2, 0.25) is 0 Å². The van der Waals surface area contributed by atoms with Crippen molar-refractivity contribution in [3.63, 3.8) is 0 Å². The van der Waals surface area contributed by atoms with E-state index in [9.17, 15) is 4.79 Å². The first-order chi connectivity index (χ1) is 12.2. The molecule has 2 heterocycles. The van der Waals surface area contributed by atoms with E-state index >= 15 is 0 Å². The number of carbonyl (C=O) groups excluding carboxylic acids is 1. The maximum Gasteiger partial charge on any atom is 0.284 e. The quantitative estimate of drug-likeness (QED) is 0.646. The number of aliphatic imine (C=N–C) groups is 1. The van der Waals surface area contributed by atoms with Gasteiger partial charge in [-0.25, -0.2) is 0 Å². The van der Waals surface area contributed by atoms with Crippen LogP contribution in [0.15, 0.2) is 51.9 Å². The van der Waals surface area contributed by atoms with E-state index in [0.717, 1.165) is 32.1 Å². The Morgan fingerprint density at radius 2 is 1.88 bits per heavy atom. The van der Waals surface area contributed by atoms with Gasteiger partial charge in [-0.3, -0.25) is 9.79 Å². The molecule has 1 aromatic heterocycles. The van der Waals surface area contributed by atoms with Crippen LogP contribution in [-0.2, 0) is 6.54 Å². The molecular formula is C18H23N5O2. The number of para-hydroxylation sites is 1. The van der Waals surface area contributed by atoms with Crippen LogP contribution < -0.4 is 16.0 Å². The first kappa shape index (κ1) is 16.9. The molecule has 0 spiro atoms. The Balaban J connectivity index is 1.53. The molecule has 0 aliphatic carbocycles. The number of hydrogen-bond donors (Lipinski definition) is 2. The van der Waals surface area contributed by atoms with Crippen LogP contribution >= 0.6 is 0 Å². The van der Waals surface area contributed by atoms with Crippen LogP contribution in [0, 0.1) is 0 Å². The Morgan fingerprint density at radius 3 is 2.48 bits per heavy atom. The number of rotatable bonds is 4. The lowest BCUT2D eigenvalue weighted by atomic mass is 10.2. The summed E-state index contributed by atoms with van der Waals surface area (Å²) in [6.07, 6.45) is 0. The zero-order valence-electron chi connectivity index (χ0n) is 14.3. The molecule has 3 rings (SSSR count). The Bertz CT molecular complexity index is 733. The monoisotopic (exact) mass is 341 g/mol. The van der Waals surface area contributed by atoms with Crippen molar-refractivity contribution in [3.05, 3.63) is 54.0 Å². The van der Waals surface area contributed by atoms with Crippen molar-refractivity contribution in [2.45, 2.75) is 6.54 Å². The van der Waals surface area contributed by atoms with E-state index in [4.69, 9.17) is 10.2 Å². The van der Waals surface area contributed by atoms with Crippen molar-refractivity contribution in [2.24, 2.45) is 10.7 Å². The molecule has 0 atom stereocenters. The number of nitrogens with zero attached hydrogens (tertiary/aromatic N) is 3. The number of amides is 1. The largest absolute Gasteiger partial charge is 0.454 e. The summed E-state index contributed by atoms with van der Waals surface area (Å²) < 4.78 is 5.38. The normalized spacial score (nSPS) is 15.3. The molecule has 132 valence electrons.